The fourth-order valence-corrected chi connectivity index (χ4v) is 2.83. The van der Waals surface area contributed by atoms with Crippen molar-refractivity contribution in [2.75, 3.05) is 19.7 Å². The third-order valence-corrected chi connectivity index (χ3v) is 4.06. The van der Waals surface area contributed by atoms with Crippen molar-refractivity contribution in [2.45, 2.75) is 25.6 Å². The second-order valence-corrected chi connectivity index (χ2v) is 5.32. The summed E-state index contributed by atoms with van der Waals surface area (Å²) in [6, 6.07) is -0.0724. The number of fused-ring (bicyclic) bond motifs is 1. The van der Waals surface area contributed by atoms with Gasteiger partial charge in [-0.05, 0) is 0 Å². The molecule has 20 heavy (non-hydrogen) atoms. The highest BCUT2D eigenvalue weighted by Gasteiger charge is 2.44. The van der Waals surface area contributed by atoms with Gasteiger partial charge in [0.2, 0.25) is 11.8 Å². The van der Waals surface area contributed by atoms with E-state index in [9.17, 15) is 9.59 Å². The lowest BCUT2D eigenvalue weighted by Gasteiger charge is -2.36. The lowest BCUT2D eigenvalue weighted by atomic mass is 10.1. The standard InChI is InChI=1S/C13H18N4O3/c1-9(18)16-5-10-11(6-16)20-8-13(19)17(10)7-12-14-3-4-15(12)2/h3-4,10-11H,5-8H2,1-2H3. The minimum Gasteiger partial charge on any atom is -0.364 e. The van der Waals surface area contributed by atoms with Crippen molar-refractivity contribution in [2.24, 2.45) is 7.05 Å². The van der Waals surface area contributed by atoms with Crippen LogP contribution in [-0.4, -0.2) is 63.0 Å². The smallest absolute Gasteiger partial charge is 0.249 e. The highest BCUT2D eigenvalue weighted by atomic mass is 16.5. The summed E-state index contributed by atoms with van der Waals surface area (Å²) >= 11 is 0. The van der Waals surface area contributed by atoms with Gasteiger partial charge in [-0.1, -0.05) is 0 Å². The number of amides is 2. The topological polar surface area (TPSA) is 67.7 Å². The van der Waals surface area contributed by atoms with Gasteiger partial charge in [-0.3, -0.25) is 9.59 Å². The van der Waals surface area contributed by atoms with Crippen LogP contribution in [0.3, 0.4) is 0 Å². The van der Waals surface area contributed by atoms with E-state index in [2.05, 4.69) is 4.98 Å². The van der Waals surface area contributed by atoms with Gasteiger partial charge in [0, 0.05) is 39.5 Å². The van der Waals surface area contributed by atoms with Crippen LogP contribution in [0.15, 0.2) is 12.4 Å². The zero-order chi connectivity index (χ0) is 14.3. The van der Waals surface area contributed by atoms with E-state index < -0.39 is 0 Å². The summed E-state index contributed by atoms with van der Waals surface area (Å²) in [6.07, 6.45) is 3.49. The fraction of sp³-hybridized carbons (Fsp3) is 0.615. The highest BCUT2D eigenvalue weighted by Crippen LogP contribution is 2.24. The van der Waals surface area contributed by atoms with E-state index in [-0.39, 0.29) is 30.6 Å². The molecular formula is C13H18N4O3. The van der Waals surface area contributed by atoms with Gasteiger partial charge < -0.3 is 19.1 Å². The molecule has 2 saturated heterocycles. The molecule has 108 valence electrons. The lowest BCUT2D eigenvalue weighted by molar-refractivity contribution is -0.154. The molecule has 2 amide bonds. The molecule has 0 aliphatic carbocycles. The Morgan fingerprint density at radius 3 is 2.95 bits per heavy atom. The van der Waals surface area contributed by atoms with Gasteiger partial charge >= 0.3 is 0 Å². The maximum atomic E-state index is 12.1. The molecule has 2 aliphatic heterocycles. The van der Waals surface area contributed by atoms with Crippen LogP contribution < -0.4 is 0 Å². The largest absolute Gasteiger partial charge is 0.364 e. The van der Waals surface area contributed by atoms with E-state index in [0.717, 1.165) is 5.82 Å². The van der Waals surface area contributed by atoms with E-state index in [0.29, 0.717) is 19.6 Å². The van der Waals surface area contributed by atoms with E-state index in [4.69, 9.17) is 4.74 Å². The molecule has 3 heterocycles. The third kappa shape index (κ3) is 2.18. The average Bonchev–Trinajstić information content (AvgIpc) is 2.99. The molecule has 0 aromatic carbocycles. The lowest BCUT2D eigenvalue weighted by Crippen LogP contribution is -2.53. The van der Waals surface area contributed by atoms with Gasteiger partial charge in [-0.2, -0.15) is 0 Å². The average molecular weight is 278 g/mol. The molecule has 1 aromatic rings. The maximum absolute atomic E-state index is 12.1. The van der Waals surface area contributed by atoms with Crippen molar-refractivity contribution in [1.82, 2.24) is 19.4 Å². The third-order valence-electron chi connectivity index (χ3n) is 4.06. The van der Waals surface area contributed by atoms with Gasteiger partial charge in [-0.15, -0.1) is 0 Å². The number of morpholine rings is 1. The van der Waals surface area contributed by atoms with Gasteiger partial charge in [0.1, 0.15) is 12.4 Å². The van der Waals surface area contributed by atoms with Gasteiger partial charge in [0.25, 0.3) is 0 Å². The summed E-state index contributed by atoms with van der Waals surface area (Å²) < 4.78 is 7.46. The summed E-state index contributed by atoms with van der Waals surface area (Å²) in [4.78, 5) is 31.4. The number of rotatable bonds is 2. The number of imidazole rings is 1. The first-order valence-corrected chi connectivity index (χ1v) is 6.69. The van der Waals surface area contributed by atoms with E-state index in [1.165, 1.54) is 0 Å². The summed E-state index contributed by atoms with van der Waals surface area (Å²) in [5, 5.41) is 0. The highest BCUT2D eigenvalue weighted by molar-refractivity contribution is 5.79. The molecule has 0 spiro atoms. The zero-order valence-electron chi connectivity index (χ0n) is 11.7. The molecule has 3 rings (SSSR count). The number of aryl methyl sites for hydroxylation is 1. The van der Waals surface area contributed by atoms with Crippen LogP contribution in [0.1, 0.15) is 12.7 Å². The number of likely N-dealkylation sites (tertiary alicyclic amines) is 1. The van der Waals surface area contributed by atoms with E-state index in [1.807, 2.05) is 17.8 Å². The Hall–Kier alpha value is -1.89. The monoisotopic (exact) mass is 278 g/mol. The number of carbonyl (C=O) groups is 2. The number of nitrogens with zero attached hydrogens (tertiary/aromatic N) is 4. The predicted octanol–water partition coefficient (Wildman–Crippen LogP) is -0.622. The Kier molecular flexibility index (Phi) is 3.21. The zero-order valence-corrected chi connectivity index (χ0v) is 11.7. The van der Waals surface area contributed by atoms with Crippen LogP contribution in [0.4, 0.5) is 0 Å². The van der Waals surface area contributed by atoms with E-state index in [1.54, 1.807) is 22.9 Å². The molecular weight excluding hydrogens is 260 g/mol. The number of hydrogen-bond donors (Lipinski definition) is 0. The summed E-state index contributed by atoms with van der Waals surface area (Å²) in [5.41, 5.74) is 0. The van der Waals surface area contributed by atoms with Crippen molar-refractivity contribution in [3.05, 3.63) is 18.2 Å². The summed E-state index contributed by atoms with van der Waals surface area (Å²) in [6.45, 7) is 3.18. The summed E-state index contributed by atoms with van der Waals surface area (Å²) in [7, 11) is 1.90. The molecule has 2 fully saturated rings. The number of aromatic nitrogens is 2. The van der Waals surface area contributed by atoms with E-state index >= 15 is 0 Å². The van der Waals surface area contributed by atoms with Crippen LogP contribution in [-0.2, 0) is 27.9 Å². The molecule has 2 aliphatic rings. The molecule has 0 saturated carbocycles. The molecule has 1 aromatic heterocycles. The van der Waals surface area contributed by atoms with Gasteiger partial charge in [-0.25, -0.2) is 4.98 Å². The normalized spacial score (nSPS) is 26.0. The van der Waals surface area contributed by atoms with Crippen LogP contribution in [0.25, 0.3) is 0 Å². The second kappa shape index (κ2) is 4.90. The first-order valence-electron chi connectivity index (χ1n) is 6.69. The second-order valence-electron chi connectivity index (χ2n) is 5.32. The Morgan fingerprint density at radius 1 is 1.50 bits per heavy atom. The van der Waals surface area contributed by atoms with Crippen LogP contribution >= 0.6 is 0 Å². The SMILES string of the molecule is CC(=O)N1CC2OCC(=O)N(Cc3nccn3C)C2C1. The molecule has 7 nitrogen and oxygen atoms in total. The Labute approximate surface area is 117 Å². The number of ether oxygens (including phenoxy) is 1. The summed E-state index contributed by atoms with van der Waals surface area (Å²) in [5.74, 6) is 0.812. The molecule has 7 heteroatoms. The quantitative estimate of drug-likeness (QED) is 0.723. The Morgan fingerprint density at radius 2 is 2.30 bits per heavy atom. The Bertz CT molecular complexity index is 541. The number of hydrogen-bond acceptors (Lipinski definition) is 4. The van der Waals surface area contributed by atoms with Crippen LogP contribution in [0, 0.1) is 0 Å². The molecule has 0 radical (unpaired) electrons. The number of carbonyl (C=O) groups excluding carboxylic acids is 2. The van der Waals surface area contributed by atoms with Crippen molar-refractivity contribution in [3.63, 3.8) is 0 Å². The van der Waals surface area contributed by atoms with Crippen molar-refractivity contribution in [3.8, 4) is 0 Å². The maximum Gasteiger partial charge on any atom is 0.249 e. The van der Waals surface area contributed by atoms with Crippen molar-refractivity contribution >= 4 is 11.8 Å². The first-order chi connectivity index (χ1) is 9.56. The minimum atomic E-state index is -0.0862. The minimum absolute atomic E-state index is 0.0207. The molecule has 2 atom stereocenters. The Balaban J connectivity index is 1.79. The van der Waals surface area contributed by atoms with Crippen LogP contribution in [0.5, 0.6) is 0 Å². The van der Waals surface area contributed by atoms with Gasteiger partial charge in [0.15, 0.2) is 0 Å². The van der Waals surface area contributed by atoms with Crippen LogP contribution in [0.2, 0.25) is 0 Å². The molecule has 0 bridgehead atoms. The van der Waals surface area contributed by atoms with Gasteiger partial charge in [0.05, 0.1) is 18.7 Å². The fourth-order valence-electron chi connectivity index (χ4n) is 2.83. The first kappa shape index (κ1) is 13.1. The predicted molar refractivity (Wildman–Crippen MR) is 69.5 cm³/mol. The molecule has 2 unspecified atom stereocenters. The molecule has 0 N–H and O–H groups in total. The van der Waals surface area contributed by atoms with Crippen molar-refractivity contribution < 1.29 is 14.3 Å². The van der Waals surface area contributed by atoms with Crippen molar-refractivity contribution in [1.29, 1.82) is 0 Å².